The first-order valence-electron chi connectivity index (χ1n) is 7.33. The molecule has 2 aliphatic rings. The number of ether oxygens (including phenoxy) is 1. The first-order valence-corrected chi connectivity index (χ1v) is 7.33. The first-order chi connectivity index (χ1) is 9.34. The van der Waals surface area contributed by atoms with Crippen LogP contribution in [0.4, 0.5) is 0 Å². The fourth-order valence-corrected chi connectivity index (χ4v) is 3.13. The van der Waals surface area contributed by atoms with Gasteiger partial charge in [-0.05, 0) is 56.3 Å². The highest BCUT2D eigenvalue weighted by atomic mass is 16.5. The highest BCUT2D eigenvalue weighted by molar-refractivity contribution is 5.73. The molecule has 1 atom stereocenters. The van der Waals surface area contributed by atoms with Crippen LogP contribution in [0.3, 0.4) is 0 Å². The zero-order valence-electron chi connectivity index (χ0n) is 11.2. The average Bonchev–Trinajstić information content (AvgIpc) is 2.48. The largest absolute Gasteiger partial charge is 0.457 e. The summed E-state index contributed by atoms with van der Waals surface area (Å²) in [6.07, 6.45) is 4.99. The molecule has 19 heavy (non-hydrogen) atoms. The van der Waals surface area contributed by atoms with E-state index in [2.05, 4.69) is 23.5 Å². The van der Waals surface area contributed by atoms with Crippen molar-refractivity contribution in [3.63, 3.8) is 0 Å². The van der Waals surface area contributed by atoms with Crippen LogP contribution in [0.15, 0.2) is 24.3 Å². The highest BCUT2D eigenvalue weighted by Crippen LogP contribution is 2.33. The quantitative estimate of drug-likeness (QED) is 0.830. The zero-order chi connectivity index (χ0) is 13.1. The Labute approximate surface area is 114 Å². The van der Waals surface area contributed by atoms with Gasteiger partial charge in [-0.2, -0.15) is 0 Å². The molecular formula is C16H21NO2. The number of aryl methyl sites for hydroxylation is 1. The zero-order valence-corrected chi connectivity index (χ0v) is 11.2. The summed E-state index contributed by atoms with van der Waals surface area (Å²) >= 11 is 0. The Morgan fingerprint density at radius 2 is 1.95 bits per heavy atom. The van der Waals surface area contributed by atoms with Crippen LogP contribution < -0.4 is 5.32 Å². The van der Waals surface area contributed by atoms with E-state index in [9.17, 15) is 4.79 Å². The third kappa shape index (κ3) is 2.81. The second-order valence-corrected chi connectivity index (χ2v) is 5.54. The Morgan fingerprint density at radius 3 is 2.79 bits per heavy atom. The van der Waals surface area contributed by atoms with E-state index in [1.54, 1.807) is 0 Å². The van der Waals surface area contributed by atoms with E-state index >= 15 is 0 Å². The minimum absolute atomic E-state index is 0.00297. The van der Waals surface area contributed by atoms with Crippen molar-refractivity contribution in [2.24, 2.45) is 5.92 Å². The van der Waals surface area contributed by atoms with Crippen molar-refractivity contribution in [1.29, 1.82) is 0 Å². The molecule has 1 fully saturated rings. The molecule has 3 heteroatoms. The smallest absolute Gasteiger partial charge is 0.309 e. The van der Waals surface area contributed by atoms with E-state index in [0.717, 1.165) is 45.2 Å². The van der Waals surface area contributed by atoms with Gasteiger partial charge in [0.15, 0.2) is 0 Å². The summed E-state index contributed by atoms with van der Waals surface area (Å²) in [5.74, 6) is 0.0959. The van der Waals surface area contributed by atoms with Gasteiger partial charge in [-0.15, -0.1) is 0 Å². The van der Waals surface area contributed by atoms with Gasteiger partial charge in [0, 0.05) is 0 Å². The maximum atomic E-state index is 12.2. The molecule has 0 amide bonds. The molecule has 1 saturated heterocycles. The monoisotopic (exact) mass is 259 g/mol. The number of rotatable bonds is 2. The third-order valence-corrected chi connectivity index (χ3v) is 4.25. The van der Waals surface area contributed by atoms with Crippen LogP contribution in [-0.2, 0) is 16.0 Å². The number of hydrogen-bond donors (Lipinski definition) is 1. The van der Waals surface area contributed by atoms with Crippen molar-refractivity contribution >= 4 is 5.97 Å². The van der Waals surface area contributed by atoms with Crippen molar-refractivity contribution in [2.75, 3.05) is 13.1 Å². The van der Waals surface area contributed by atoms with Crippen molar-refractivity contribution in [3.8, 4) is 0 Å². The first kappa shape index (κ1) is 12.7. The van der Waals surface area contributed by atoms with E-state index in [1.165, 1.54) is 11.1 Å². The number of nitrogens with one attached hydrogen (secondary N) is 1. The molecule has 3 rings (SSSR count). The van der Waals surface area contributed by atoms with Crippen LogP contribution in [0.5, 0.6) is 0 Å². The van der Waals surface area contributed by atoms with E-state index in [4.69, 9.17) is 4.74 Å². The Bertz CT molecular complexity index is 452. The van der Waals surface area contributed by atoms with Gasteiger partial charge in [0.1, 0.15) is 6.10 Å². The van der Waals surface area contributed by atoms with Gasteiger partial charge >= 0.3 is 5.97 Å². The topological polar surface area (TPSA) is 38.3 Å². The van der Waals surface area contributed by atoms with Crippen molar-refractivity contribution in [1.82, 2.24) is 5.32 Å². The van der Waals surface area contributed by atoms with Gasteiger partial charge in [0.25, 0.3) is 0 Å². The van der Waals surface area contributed by atoms with Gasteiger partial charge < -0.3 is 10.1 Å². The third-order valence-electron chi connectivity index (χ3n) is 4.25. The maximum absolute atomic E-state index is 12.2. The Balaban J connectivity index is 1.68. The van der Waals surface area contributed by atoms with E-state index in [1.807, 2.05) is 6.07 Å². The molecule has 0 saturated carbocycles. The lowest BCUT2D eigenvalue weighted by Gasteiger charge is -2.28. The van der Waals surface area contributed by atoms with E-state index < -0.39 is 0 Å². The normalized spacial score (nSPS) is 23.7. The summed E-state index contributed by atoms with van der Waals surface area (Å²) in [5.41, 5.74) is 2.56. The SMILES string of the molecule is O=C(OC1CCCc2ccccc21)C1CCNCC1. The molecule has 1 aliphatic carbocycles. The van der Waals surface area contributed by atoms with Crippen LogP contribution in [0.25, 0.3) is 0 Å². The Hall–Kier alpha value is -1.35. The molecule has 1 aromatic rings. The van der Waals surface area contributed by atoms with Crippen LogP contribution in [0.1, 0.15) is 42.9 Å². The lowest BCUT2D eigenvalue weighted by Crippen LogP contribution is -2.33. The molecule has 102 valence electrons. The second-order valence-electron chi connectivity index (χ2n) is 5.54. The molecule has 1 heterocycles. The maximum Gasteiger partial charge on any atom is 0.309 e. The summed E-state index contributed by atoms with van der Waals surface area (Å²) < 4.78 is 5.79. The Morgan fingerprint density at radius 1 is 1.16 bits per heavy atom. The fraction of sp³-hybridized carbons (Fsp3) is 0.562. The lowest BCUT2D eigenvalue weighted by molar-refractivity contribution is -0.156. The van der Waals surface area contributed by atoms with E-state index in [-0.39, 0.29) is 18.0 Å². The molecule has 1 aromatic carbocycles. The number of carbonyl (C=O) groups is 1. The minimum Gasteiger partial charge on any atom is -0.457 e. The molecule has 0 bridgehead atoms. The summed E-state index contributed by atoms with van der Waals surface area (Å²) in [6, 6.07) is 8.36. The van der Waals surface area contributed by atoms with Gasteiger partial charge in [0.05, 0.1) is 5.92 Å². The van der Waals surface area contributed by atoms with Gasteiger partial charge in [-0.1, -0.05) is 24.3 Å². The predicted octanol–water partition coefficient (Wildman–Crippen LogP) is 2.61. The number of fused-ring (bicyclic) bond motifs is 1. The molecule has 1 aliphatic heterocycles. The van der Waals surface area contributed by atoms with Crippen molar-refractivity contribution in [3.05, 3.63) is 35.4 Å². The van der Waals surface area contributed by atoms with Crippen LogP contribution in [0, 0.1) is 5.92 Å². The van der Waals surface area contributed by atoms with E-state index in [0.29, 0.717) is 0 Å². The van der Waals surface area contributed by atoms with Crippen LogP contribution in [0.2, 0.25) is 0 Å². The summed E-state index contributed by atoms with van der Waals surface area (Å²) in [7, 11) is 0. The molecule has 0 radical (unpaired) electrons. The van der Waals surface area contributed by atoms with Crippen molar-refractivity contribution < 1.29 is 9.53 Å². The van der Waals surface area contributed by atoms with Crippen LogP contribution >= 0.6 is 0 Å². The predicted molar refractivity (Wildman–Crippen MR) is 73.8 cm³/mol. The number of benzene rings is 1. The molecular weight excluding hydrogens is 238 g/mol. The summed E-state index contributed by atoms with van der Waals surface area (Å²) in [6.45, 7) is 1.86. The fourth-order valence-electron chi connectivity index (χ4n) is 3.13. The number of carbonyl (C=O) groups excluding carboxylic acids is 1. The van der Waals surface area contributed by atoms with Gasteiger partial charge in [-0.3, -0.25) is 4.79 Å². The Kier molecular flexibility index (Phi) is 3.83. The van der Waals surface area contributed by atoms with Gasteiger partial charge in [0.2, 0.25) is 0 Å². The number of hydrogen-bond acceptors (Lipinski definition) is 3. The number of piperidine rings is 1. The lowest BCUT2D eigenvalue weighted by atomic mass is 9.89. The molecule has 3 nitrogen and oxygen atoms in total. The second kappa shape index (κ2) is 5.74. The molecule has 0 spiro atoms. The summed E-state index contributed by atoms with van der Waals surface area (Å²) in [4.78, 5) is 12.2. The van der Waals surface area contributed by atoms with Crippen LogP contribution in [-0.4, -0.2) is 19.1 Å². The number of esters is 1. The molecule has 1 N–H and O–H groups in total. The molecule has 1 unspecified atom stereocenters. The van der Waals surface area contributed by atoms with Crippen molar-refractivity contribution in [2.45, 2.75) is 38.2 Å². The highest BCUT2D eigenvalue weighted by Gasteiger charge is 2.28. The standard InChI is InChI=1S/C16H21NO2/c18-16(13-8-10-17-11-9-13)19-15-7-3-5-12-4-1-2-6-14(12)15/h1-2,4,6,13,15,17H,3,5,7-11H2. The summed E-state index contributed by atoms with van der Waals surface area (Å²) in [5, 5.41) is 3.28. The molecule has 0 aromatic heterocycles. The minimum atomic E-state index is -0.0210. The van der Waals surface area contributed by atoms with Gasteiger partial charge in [-0.25, -0.2) is 0 Å². The average molecular weight is 259 g/mol.